The van der Waals surface area contributed by atoms with Crippen molar-refractivity contribution < 1.29 is 24.3 Å². The van der Waals surface area contributed by atoms with Gasteiger partial charge in [-0.1, -0.05) is 30.3 Å². The molecule has 0 spiro atoms. The summed E-state index contributed by atoms with van der Waals surface area (Å²) in [6.45, 7) is 1.60. The minimum absolute atomic E-state index is 0.0822. The lowest BCUT2D eigenvalue weighted by molar-refractivity contribution is -0.138. The van der Waals surface area contributed by atoms with E-state index in [0.717, 1.165) is 16.0 Å². The van der Waals surface area contributed by atoms with E-state index in [9.17, 15) is 19.2 Å². The molecule has 0 radical (unpaired) electrons. The van der Waals surface area contributed by atoms with Crippen molar-refractivity contribution in [2.24, 2.45) is 5.73 Å². The van der Waals surface area contributed by atoms with Crippen LogP contribution in [0.3, 0.4) is 0 Å². The average molecular weight is 422 g/mol. The number of thioether (sulfide) groups is 1. The summed E-state index contributed by atoms with van der Waals surface area (Å²) in [6.07, 6.45) is 4.29. The monoisotopic (exact) mass is 421 g/mol. The molecule has 1 unspecified atom stereocenters. The Morgan fingerprint density at radius 3 is 2.34 bits per heavy atom. The molecule has 5 N–H and O–H groups in total. The topological polar surface area (TPSA) is 139 Å². The minimum atomic E-state index is -1.09. The number of carbonyl (C=O) groups excluding carboxylic acids is 3. The molecule has 0 aliphatic carbocycles. The highest BCUT2D eigenvalue weighted by atomic mass is 32.2. The van der Waals surface area contributed by atoms with Crippen LogP contribution in [0.4, 0.5) is 0 Å². The Hall–Kier alpha value is -2.81. The number of aliphatic carboxylic acids is 1. The van der Waals surface area contributed by atoms with Crippen LogP contribution in [0.5, 0.6) is 0 Å². The van der Waals surface area contributed by atoms with Crippen molar-refractivity contribution in [3.63, 3.8) is 0 Å². The van der Waals surface area contributed by atoms with Crippen LogP contribution in [0, 0.1) is 0 Å². The Morgan fingerprint density at radius 1 is 1.17 bits per heavy atom. The number of rotatable bonds is 12. The molecular weight excluding hydrogens is 394 g/mol. The predicted octanol–water partition coefficient (Wildman–Crippen LogP) is 1.29. The van der Waals surface area contributed by atoms with Gasteiger partial charge in [0.2, 0.25) is 17.7 Å². The number of nitrogens with two attached hydrogens (primary N) is 1. The van der Waals surface area contributed by atoms with E-state index in [1.165, 1.54) is 0 Å². The number of hydrogen-bond acceptors (Lipinski definition) is 5. The number of carbonyl (C=O) groups is 4. The van der Waals surface area contributed by atoms with Crippen LogP contribution in [0.2, 0.25) is 0 Å². The fourth-order valence-electron chi connectivity index (χ4n) is 2.60. The summed E-state index contributed by atoms with van der Waals surface area (Å²) in [6, 6.07) is 6.84. The zero-order valence-electron chi connectivity index (χ0n) is 16.6. The summed E-state index contributed by atoms with van der Waals surface area (Å²) in [5.41, 5.74) is 7.06. The molecule has 1 aromatic carbocycles. The van der Waals surface area contributed by atoms with Gasteiger partial charge in [0, 0.05) is 17.7 Å². The summed E-state index contributed by atoms with van der Waals surface area (Å²) in [5.74, 6) is -2.83. The lowest BCUT2D eigenvalue weighted by atomic mass is 10.1. The molecule has 0 saturated heterocycles. The van der Waals surface area contributed by atoms with E-state index in [-0.39, 0.29) is 31.7 Å². The Bertz CT molecular complexity index is 762. The van der Waals surface area contributed by atoms with E-state index >= 15 is 0 Å². The average Bonchev–Trinajstić information content (AvgIpc) is 2.69. The SMILES string of the molecule is CC=C(SC)c1ccc(CCC(=O)NC(CCC(=O)O)C(=O)NCC(N)=O)cc1. The second kappa shape index (κ2) is 12.6. The molecule has 0 aliphatic rings. The van der Waals surface area contributed by atoms with Crippen molar-refractivity contribution in [1.82, 2.24) is 10.6 Å². The maximum atomic E-state index is 12.2. The second-order valence-electron chi connectivity index (χ2n) is 6.29. The van der Waals surface area contributed by atoms with E-state index < -0.39 is 23.8 Å². The molecule has 1 atom stereocenters. The van der Waals surface area contributed by atoms with Gasteiger partial charge in [0.15, 0.2) is 0 Å². The fraction of sp³-hybridized carbons (Fsp3) is 0.400. The highest BCUT2D eigenvalue weighted by Gasteiger charge is 2.21. The van der Waals surface area contributed by atoms with Crippen LogP contribution in [0.1, 0.15) is 37.3 Å². The van der Waals surface area contributed by atoms with Crippen molar-refractivity contribution in [2.45, 2.75) is 38.6 Å². The van der Waals surface area contributed by atoms with Gasteiger partial charge in [-0.2, -0.15) is 0 Å². The number of nitrogens with one attached hydrogen (secondary N) is 2. The van der Waals surface area contributed by atoms with Gasteiger partial charge in [-0.3, -0.25) is 19.2 Å². The van der Waals surface area contributed by atoms with Gasteiger partial charge in [0.1, 0.15) is 6.04 Å². The van der Waals surface area contributed by atoms with Gasteiger partial charge in [-0.25, -0.2) is 0 Å². The van der Waals surface area contributed by atoms with Crippen LogP contribution < -0.4 is 16.4 Å². The molecule has 0 heterocycles. The summed E-state index contributed by atoms with van der Waals surface area (Å²) < 4.78 is 0. The number of hydrogen-bond donors (Lipinski definition) is 4. The maximum absolute atomic E-state index is 12.2. The summed E-state index contributed by atoms with van der Waals surface area (Å²) in [7, 11) is 0. The first-order valence-corrected chi connectivity index (χ1v) is 10.4. The highest BCUT2D eigenvalue weighted by molar-refractivity contribution is 8.07. The molecule has 0 fully saturated rings. The number of allylic oxidation sites excluding steroid dienone is 1. The Balaban J connectivity index is 2.63. The summed E-state index contributed by atoms with van der Waals surface area (Å²) >= 11 is 1.66. The molecule has 0 saturated carbocycles. The second-order valence-corrected chi connectivity index (χ2v) is 7.14. The number of primary amides is 1. The van der Waals surface area contributed by atoms with Gasteiger partial charge in [0.25, 0.3) is 0 Å². The first kappa shape index (κ1) is 24.2. The Kier molecular flexibility index (Phi) is 10.5. The predicted molar refractivity (Wildman–Crippen MR) is 113 cm³/mol. The summed E-state index contributed by atoms with van der Waals surface area (Å²) in [4.78, 5) is 47.1. The molecule has 0 aromatic heterocycles. The minimum Gasteiger partial charge on any atom is -0.481 e. The van der Waals surface area contributed by atoms with Crippen molar-refractivity contribution in [2.75, 3.05) is 12.8 Å². The van der Waals surface area contributed by atoms with E-state index in [1.807, 2.05) is 43.5 Å². The molecular formula is C20H27N3O5S. The highest BCUT2D eigenvalue weighted by Crippen LogP contribution is 2.25. The first-order chi connectivity index (χ1) is 13.8. The lowest BCUT2D eigenvalue weighted by Crippen LogP contribution is -2.48. The van der Waals surface area contributed by atoms with Crippen LogP contribution in [-0.4, -0.2) is 47.6 Å². The van der Waals surface area contributed by atoms with Crippen LogP contribution in [0.25, 0.3) is 4.91 Å². The molecule has 0 bridgehead atoms. The number of carboxylic acids is 1. The fourth-order valence-corrected chi connectivity index (χ4v) is 3.20. The Morgan fingerprint density at radius 2 is 1.83 bits per heavy atom. The van der Waals surface area contributed by atoms with Crippen molar-refractivity contribution >= 4 is 40.4 Å². The number of benzene rings is 1. The van der Waals surface area contributed by atoms with Crippen LogP contribution in [0.15, 0.2) is 30.3 Å². The molecule has 8 nitrogen and oxygen atoms in total. The number of aryl methyl sites for hydroxylation is 1. The van der Waals surface area contributed by atoms with Gasteiger partial charge in [-0.15, -0.1) is 11.8 Å². The third-order valence-electron chi connectivity index (χ3n) is 4.10. The molecule has 9 heteroatoms. The molecule has 0 aliphatic heterocycles. The quantitative estimate of drug-likeness (QED) is 0.401. The third-order valence-corrected chi connectivity index (χ3v) is 5.01. The molecule has 29 heavy (non-hydrogen) atoms. The van der Waals surface area contributed by atoms with E-state index in [1.54, 1.807) is 11.8 Å². The Labute approximate surface area is 174 Å². The van der Waals surface area contributed by atoms with Crippen molar-refractivity contribution in [3.05, 3.63) is 41.5 Å². The molecule has 1 aromatic rings. The number of amides is 3. The zero-order valence-corrected chi connectivity index (χ0v) is 17.4. The molecule has 158 valence electrons. The van der Waals surface area contributed by atoms with Gasteiger partial charge < -0.3 is 21.5 Å². The van der Waals surface area contributed by atoms with Gasteiger partial charge >= 0.3 is 5.97 Å². The zero-order chi connectivity index (χ0) is 21.8. The van der Waals surface area contributed by atoms with Gasteiger partial charge in [0.05, 0.1) is 6.54 Å². The smallest absolute Gasteiger partial charge is 0.303 e. The standard InChI is InChI=1S/C20H27N3O5S/c1-3-16(29-2)14-7-4-13(5-8-14)6-10-18(25)23-15(9-11-19(26)27)20(28)22-12-17(21)24/h3-5,7-8,15H,6,9-12H2,1-2H3,(H2,21,24)(H,22,28)(H,23,25)(H,26,27). The van der Waals surface area contributed by atoms with Crippen molar-refractivity contribution in [1.29, 1.82) is 0 Å². The lowest BCUT2D eigenvalue weighted by Gasteiger charge is -2.17. The normalized spacial score (nSPS) is 12.1. The van der Waals surface area contributed by atoms with E-state index in [0.29, 0.717) is 6.42 Å². The van der Waals surface area contributed by atoms with Crippen LogP contribution in [-0.2, 0) is 25.6 Å². The van der Waals surface area contributed by atoms with Gasteiger partial charge in [-0.05, 0) is 37.1 Å². The van der Waals surface area contributed by atoms with Crippen molar-refractivity contribution in [3.8, 4) is 0 Å². The first-order valence-electron chi connectivity index (χ1n) is 9.13. The van der Waals surface area contributed by atoms with E-state index in [2.05, 4.69) is 10.6 Å². The van der Waals surface area contributed by atoms with E-state index in [4.69, 9.17) is 10.8 Å². The van der Waals surface area contributed by atoms with Crippen LogP contribution >= 0.6 is 11.8 Å². The molecule has 1 rings (SSSR count). The molecule has 3 amide bonds. The number of carboxylic acid groups (broad SMARTS) is 1. The maximum Gasteiger partial charge on any atom is 0.303 e. The summed E-state index contributed by atoms with van der Waals surface area (Å²) in [5, 5.41) is 13.6. The largest absolute Gasteiger partial charge is 0.481 e. The third kappa shape index (κ3) is 9.29.